The minimum absolute atomic E-state index is 0.199. The molecule has 2 rings (SSSR count). The Balaban J connectivity index is 2.00. The Bertz CT molecular complexity index is 953. The van der Waals surface area contributed by atoms with Crippen molar-refractivity contribution in [2.24, 2.45) is 11.7 Å². The molecule has 0 fully saturated rings. The van der Waals surface area contributed by atoms with Gasteiger partial charge < -0.3 is 25.8 Å². The molecule has 9 nitrogen and oxygen atoms in total. The number of thiophene rings is 1. The van der Waals surface area contributed by atoms with Crippen LogP contribution in [0.3, 0.4) is 0 Å². The number of nitrogens with two attached hydrogens (primary N) is 1. The molecule has 2 aromatic rings. The average molecular weight is 448 g/mol. The number of carbonyl (C=O) groups is 4. The number of benzene rings is 1. The summed E-state index contributed by atoms with van der Waals surface area (Å²) in [4.78, 5) is 47.6. The van der Waals surface area contributed by atoms with Crippen molar-refractivity contribution in [1.82, 2.24) is 0 Å². The van der Waals surface area contributed by atoms with Crippen molar-refractivity contribution in [1.29, 1.82) is 0 Å². The molecule has 1 heterocycles. The minimum atomic E-state index is -0.723. The molecule has 1 aromatic carbocycles. The van der Waals surface area contributed by atoms with Crippen LogP contribution in [0.25, 0.3) is 0 Å². The van der Waals surface area contributed by atoms with Gasteiger partial charge in [0.2, 0.25) is 0 Å². The lowest BCUT2D eigenvalue weighted by Gasteiger charge is -2.10. The van der Waals surface area contributed by atoms with E-state index < -0.39 is 30.5 Å². The maximum atomic E-state index is 12.4. The lowest BCUT2D eigenvalue weighted by molar-refractivity contribution is -0.119. The molecule has 0 bridgehead atoms. The highest BCUT2D eigenvalue weighted by Gasteiger charge is 2.22. The highest BCUT2D eigenvalue weighted by atomic mass is 32.1. The van der Waals surface area contributed by atoms with E-state index in [1.165, 1.54) is 35.6 Å². The third-order valence-corrected chi connectivity index (χ3v) is 4.89. The quantitative estimate of drug-likeness (QED) is 0.504. The van der Waals surface area contributed by atoms with Gasteiger partial charge in [-0.1, -0.05) is 13.8 Å². The van der Waals surface area contributed by atoms with Crippen LogP contribution in [0.4, 0.5) is 15.5 Å². The molecule has 166 valence electrons. The highest BCUT2D eigenvalue weighted by molar-refractivity contribution is 7.15. The van der Waals surface area contributed by atoms with Gasteiger partial charge in [0, 0.05) is 5.69 Å². The topological polar surface area (TPSA) is 137 Å². The van der Waals surface area contributed by atoms with Crippen LogP contribution < -0.4 is 16.4 Å². The predicted molar refractivity (Wildman–Crippen MR) is 117 cm³/mol. The summed E-state index contributed by atoms with van der Waals surface area (Å²) < 4.78 is 10.1. The van der Waals surface area contributed by atoms with E-state index in [4.69, 9.17) is 15.2 Å². The summed E-state index contributed by atoms with van der Waals surface area (Å²) in [5, 5.41) is 7.17. The number of anilines is 2. The third kappa shape index (κ3) is 7.10. The monoisotopic (exact) mass is 447 g/mol. The zero-order valence-corrected chi connectivity index (χ0v) is 18.3. The number of carbonyl (C=O) groups excluding carboxylic acids is 4. The molecule has 31 heavy (non-hydrogen) atoms. The number of esters is 2. The van der Waals surface area contributed by atoms with E-state index in [-0.39, 0.29) is 12.2 Å². The summed E-state index contributed by atoms with van der Waals surface area (Å²) in [5.74, 6) is -1.48. The van der Waals surface area contributed by atoms with Crippen LogP contribution >= 0.6 is 11.3 Å². The highest BCUT2D eigenvalue weighted by Crippen LogP contribution is 2.31. The smallest absolute Gasteiger partial charge is 0.341 e. The molecule has 0 aliphatic heterocycles. The molecule has 4 N–H and O–H groups in total. The molecule has 10 heteroatoms. The van der Waals surface area contributed by atoms with Crippen LogP contribution in [0.1, 0.15) is 47.1 Å². The number of ether oxygens (including phenoxy) is 2. The van der Waals surface area contributed by atoms with Crippen molar-refractivity contribution < 1.29 is 28.7 Å². The zero-order chi connectivity index (χ0) is 23.0. The van der Waals surface area contributed by atoms with Gasteiger partial charge in [0.15, 0.2) is 6.61 Å². The van der Waals surface area contributed by atoms with Crippen LogP contribution in [-0.2, 0) is 20.7 Å². The number of primary amides is 1. The molecule has 0 saturated heterocycles. The standard InChI is InChI=1S/C21H25N3O6S/c1-4-29-20(27)17-14(9-12(2)3)11-31-18(17)24-16(25)10-30-19(26)13-5-7-15(8-6-13)23-21(22)28/h5-8,11-12H,4,9-10H2,1-3H3,(H,24,25)(H3,22,23,28). The Morgan fingerprint density at radius 1 is 1.03 bits per heavy atom. The Kier molecular flexibility index (Phi) is 8.56. The van der Waals surface area contributed by atoms with Crippen molar-refractivity contribution in [3.8, 4) is 0 Å². The van der Waals surface area contributed by atoms with Gasteiger partial charge in [-0.05, 0) is 54.5 Å². The first-order valence-electron chi connectivity index (χ1n) is 9.62. The largest absolute Gasteiger partial charge is 0.462 e. The first kappa shape index (κ1) is 23.9. The Hall–Kier alpha value is -3.40. The molecule has 0 saturated carbocycles. The van der Waals surface area contributed by atoms with E-state index >= 15 is 0 Å². The second kappa shape index (κ2) is 11.1. The van der Waals surface area contributed by atoms with E-state index in [1.54, 1.807) is 6.92 Å². The van der Waals surface area contributed by atoms with Crippen LogP contribution in [0.15, 0.2) is 29.6 Å². The van der Waals surface area contributed by atoms with E-state index in [9.17, 15) is 19.2 Å². The van der Waals surface area contributed by atoms with Crippen molar-refractivity contribution in [3.63, 3.8) is 0 Å². The summed E-state index contributed by atoms with van der Waals surface area (Å²) in [6.45, 7) is 5.45. The minimum Gasteiger partial charge on any atom is -0.462 e. The van der Waals surface area contributed by atoms with Crippen LogP contribution in [0, 0.1) is 5.92 Å². The second-order valence-corrected chi connectivity index (χ2v) is 7.85. The fraction of sp³-hybridized carbons (Fsp3) is 0.333. The zero-order valence-electron chi connectivity index (χ0n) is 17.5. The van der Waals surface area contributed by atoms with Gasteiger partial charge in [0.1, 0.15) is 5.00 Å². The molecule has 0 spiro atoms. The Morgan fingerprint density at radius 3 is 2.29 bits per heavy atom. The van der Waals surface area contributed by atoms with Crippen molar-refractivity contribution in [2.75, 3.05) is 23.8 Å². The molecule has 0 unspecified atom stereocenters. The van der Waals surface area contributed by atoms with E-state index in [2.05, 4.69) is 10.6 Å². The summed E-state index contributed by atoms with van der Waals surface area (Å²) in [5.41, 5.74) is 6.78. The molecule has 0 aliphatic carbocycles. The predicted octanol–water partition coefficient (Wildman–Crippen LogP) is 3.41. The van der Waals surface area contributed by atoms with Gasteiger partial charge in [-0.25, -0.2) is 14.4 Å². The second-order valence-electron chi connectivity index (χ2n) is 6.97. The van der Waals surface area contributed by atoms with Gasteiger partial charge in [0.25, 0.3) is 5.91 Å². The number of rotatable bonds is 9. The van der Waals surface area contributed by atoms with Crippen molar-refractivity contribution in [3.05, 3.63) is 46.3 Å². The van der Waals surface area contributed by atoms with Crippen LogP contribution in [0.2, 0.25) is 0 Å². The van der Waals surface area contributed by atoms with Gasteiger partial charge >= 0.3 is 18.0 Å². The summed E-state index contributed by atoms with van der Waals surface area (Å²) in [7, 11) is 0. The number of hydrogen-bond acceptors (Lipinski definition) is 7. The number of hydrogen-bond donors (Lipinski definition) is 3. The summed E-state index contributed by atoms with van der Waals surface area (Å²) in [6.07, 6.45) is 0.663. The molecule has 3 amide bonds. The van der Waals surface area contributed by atoms with E-state index in [0.29, 0.717) is 28.6 Å². The van der Waals surface area contributed by atoms with Crippen LogP contribution in [0.5, 0.6) is 0 Å². The molecule has 1 aromatic heterocycles. The maximum absolute atomic E-state index is 12.4. The molecular weight excluding hydrogens is 422 g/mol. The summed E-state index contributed by atoms with van der Waals surface area (Å²) >= 11 is 1.22. The Labute approximate surface area is 183 Å². The first-order valence-corrected chi connectivity index (χ1v) is 10.5. The van der Waals surface area contributed by atoms with E-state index in [1.807, 2.05) is 19.2 Å². The maximum Gasteiger partial charge on any atom is 0.341 e. The van der Waals surface area contributed by atoms with Crippen molar-refractivity contribution in [2.45, 2.75) is 27.2 Å². The lowest BCUT2D eigenvalue weighted by Crippen LogP contribution is -2.22. The lowest BCUT2D eigenvalue weighted by atomic mass is 10.0. The Morgan fingerprint density at radius 2 is 1.71 bits per heavy atom. The van der Waals surface area contributed by atoms with Gasteiger partial charge in [0.05, 0.1) is 17.7 Å². The number of urea groups is 1. The molecular formula is C21H25N3O6S. The van der Waals surface area contributed by atoms with Gasteiger partial charge in [-0.2, -0.15) is 0 Å². The molecule has 0 atom stereocenters. The van der Waals surface area contributed by atoms with Gasteiger partial charge in [-0.15, -0.1) is 11.3 Å². The first-order chi connectivity index (χ1) is 14.7. The van der Waals surface area contributed by atoms with Crippen LogP contribution in [-0.4, -0.2) is 37.1 Å². The fourth-order valence-electron chi connectivity index (χ4n) is 2.71. The van der Waals surface area contributed by atoms with Gasteiger partial charge in [-0.3, -0.25) is 4.79 Å². The van der Waals surface area contributed by atoms with E-state index in [0.717, 1.165) is 5.56 Å². The molecule has 0 radical (unpaired) electrons. The SMILES string of the molecule is CCOC(=O)c1c(CC(C)C)csc1NC(=O)COC(=O)c1ccc(NC(N)=O)cc1. The van der Waals surface area contributed by atoms with Crippen molar-refractivity contribution >= 4 is 45.9 Å². The molecule has 0 aliphatic rings. The number of amides is 3. The fourth-order valence-corrected chi connectivity index (χ4v) is 3.69. The third-order valence-electron chi connectivity index (χ3n) is 3.95. The normalized spacial score (nSPS) is 10.5. The average Bonchev–Trinajstić information content (AvgIpc) is 3.07. The summed E-state index contributed by atoms with van der Waals surface area (Å²) in [6, 6.07) is 5.10. The number of nitrogens with one attached hydrogen (secondary N) is 2.